The van der Waals surface area contributed by atoms with Crippen molar-refractivity contribution in [1.29, 1.82) is 0 Å². The summed E-state index contributed by atoms with van der Waals surface area (Å²) in [6, 6.07) is -0.120. The molecular weight excluding hydrogens is 394 g/mol. The number of rotatable bonds is 3. The van der Waals surface area contributed by atoms with Crippen molar-refractivity contribution in [2.75, 3.05) is 24.8 Å². The van der Waals surface area contributed by atoms with E-state index in [4.69, 9.17) is 14.6 Å². The van der Waals surface area contributed by atoms with Gasteiger partial charge < -0.3 is 9.30 Å². The van der Waals surface area contributed by atoms with Crippen LogP contribution in [0.3, 0.4) is 0 Å². The molecular formula is C18H27N7O3S. The first-order chi connectivity index (χ1) is 13.7. The minimum absolute atomic E-state index is 0.120. The van der Waals surface area contributed by atoms with Crippen molar-refractivity contribution in [3.63, 3.8) is 0 Å². The highest BCUT2D eigenvalue weighted by Crippen LogP contribution is 2.38. The van der Waals surface area contributed by atoms with Crippen LogP contribution >= 0.6 is 11.5 Å². The van der Waals surface area contributed by atoms with E-state index in [1.54, 1.807) is 0 Å². The van der Waals surface area contributed by atoms with E-state index in [1.807, 2.05) is 44.7 Å². The molecule has 4 rings (SSSR count). The zero-order valence-electron chi connectivity index (χ0n) is 17.4. The average molecular weight is 422 g/mol. The van der Waals surface area contributed by atoms with Crippen LogP contribution in [0.4, 0.5) is 10.6 Å². The van der Waals surface area contributed by atoms with E-state index >= 15 is 0 Å². The SMILES string of the molecule is Cc1nsc(-c2nc(N3CCCO3)c3n2CCN(NC(=O)OC(C)(C)C)[C@@H]3C)n1. The van der Waals surface area contributed by atoms with Crippen molar-refractivity contribution in [3.05, 3.63) is 11.5 Å². The number of amides is 1. The molecule has 1 saturated heterocycles. The lowest BCUT2D eigenvalue weighted by molar-refractivity contribution is 0.0203. The Morgan fingerprint density at radius 1 is 1.28 bits per heavy atom. The molecule has 2 aromatic heterocycles. The number of imidazole rings is 1. The lowest BCUT2D eigenvalue weighted by Crippen LogP contribution is -2.50. The maximum Gasteiger partial charge on any atom is 0.422 e. The van der Waals surface area contributed by atoms with E-state index in [0.717, 1.165) is 41.1 Å². The number of ether oxygens (including phenoxy) is 1. The van der Waals surface area contributed by atoms with E-state index in [9.17, 15) is 4.79 Å². The van der Waals surface area contributed by atoms with Crippen LogP contribution in [0.5, 0.6) is 0 Å². The second-order valence-corrected chi connectivity index (χ2v) is 8.97. The highest BCUT2D eigenvalue weighted by molar-refractivity contribution is 7.09. The molecule has 0 aliphatic carbocycles. The molecule has 2 aromatic rings. The molecule has 29 heavy (non-hydrogen) atoms. The van der Waals surface area contributed by atoms with E-state index in [0.29, 0.717) is 19.7 Å². The summed E-state index contributed by atoms with van der Waals surface area (Å²) >= 11 is 1.34. The molecule has 11 heteroatoms. The van der Waals surface area contributed by atoms with Gasteiger partial charge in [0.15, 0.2) is 16.6 Å². The maximum absolute atomic E-state index is 12.3. The second-order valence-electron chi connectivity index (χ2n) is 8.21. The number of hydrogen-bond donors (Lipinski definition) is 1. The van der Waals surface area contributed by atoms with Crippen LogP contribution in [0.1, 0.15) is 51.7 Å². The largest absolute Gasteiger partial charge is 0.443 e. The van der Waals surface area contributed by atoms with Crippen LogP contribution < -0.4 is 10.5 Å². The van der Waals surface area contributed by atoms with Crippen molar-refractivity contribution in [1.82, 2.24) is 29.3 Å². The lowest BCUT2D eigenvalue weighted by atomic mass is 10.1. The number of hydrazine groups is 1. The first-order valence-corrected chi connectivity index (χ1v) is 10.6. The number of carbonyl (C=O) groups excluding carboxylic acids is 1. The van der Waals surface area contributed by atoms with E-state index < -0.39 is 11.7 Å². The lowest BCUT2D eigenvalue weighted by Gasteiger charge is -2.36. The summed E-state index contributed by atoms with van der Waals surface area (Å²) < 4.78 is 11.9. The topological polar surface area (TPSA) is 97.6 Å². The third-order valence-corrected chi connectivity index (χ3v) is 5.56. The zero-order valence-corrected chi connectivity index (χ0v) is 18.2. The average Bonchev–Trinajstić information content (AvgIpc) is 3.34. The smallest absolute Gasteiger partial charge is 0.422 e. The number of fused-ring (bicyclic) bond motifs is 1. The molecule has 0 radical (unpaired) electrons. The molecule has 2 aliphatic rings. The molecule has 0 spiro atoms. The predicted molar refractivity (Wildman–Crippen MR) is 108 cm³/mol. The second kappa shape index (κ2) is 7.54. The minimum atomic E-state index is -0.553. The summed E-state index contributed by atoms with van der Waals surface area (Å²) in [6.45, 7) is 12.2. The Morgan fingerprint density at radius 2 is 2.07 bits per heavy atom. The van der Waals surface area contributed by atoms with Crippen molar-refractivity contribution >= 4 is 23.4 Å². The standard InChI is InChI=1S/C18H27N7O3S/c1-11-13-14(25-7-6-10-27-25)20-15(16-19-12(2)22-29-16)23(13)8-9-24(11)21-17(26)28-18(3,4)5/h11H,6-10H2,1-5H3,(H,21,26)/t11-/m1/s1. The Balaban J connectivity index is 1.66. The van der Waals surface area contributed by atoms with Crippen molar-refractivity contribution in [2.24, 2.45) is 0 Å². The van der Waals surface area contributed by atoms with Crippen molar-refractivity contribution in [2.45, 2.75) is 59.2 Å². The number of nitrogens with one attached hydrogen (secondary N) is 1. The van der Waals surface area contributed by atoms with Gasteiger partial charge in [0, 0.05) is 19.6 Å². The number of aryl methyl sites for hydroxylation is 1. The van der Waals surface area contributed by atoms with Gasteiger partial charge in [-0.05, 0) is 52.6 Å². The van der Waals surface area contributed by atoms with Crippen LogP contribution in [-0.2, 0) is 16.1 Å². The summed E-state index contributed by atoms with van der Waals surface area (Å²) in [7, 11) is 0. The van der Waals surface area contributed by atoms with E-state index in [2.05, 4.69) is 19.4 Å². The first-order valence-electron chi connectivity index (χ1n) is 9.81. The normalized spacial score (nSPS) is 20.0. The van der Waals surface area contributed by atoms with Gasteiger partial charge in [0.05, 0.1) is 18.3 Å². The number of anilines is 1. The molecule has 0 unspecified atom stereocenters. The summed E-state index contributed by atoms with van der Waals surface area (Å²) in [5.41, 5.74) is 3.31. The van der Waals surface area contributed by atoms with E-state index in [1.165, 1.54) is 11.5 Å². The molecule has 1 atom stereocenters. The van der Waals surface area contributed by atoms with Crippen LogP contribution in [0.15, 0.2) is 0 Å². The third kappa shape index (κ3) is 4.07. The predicted octanol–water partition coefficient (Wildman–Crippen LogP) is 2.67. The van der Waals surface area contributed by atoms with Crippen molar-refractivity contribution < 1.29 is 14.4 Å². The molecule has 1 fully saturated rings. The summed E-state index contributed by atoms with van der Waals surface area (Å²) in [5.74, 6) is 2.30. The molecule has 10 nitrogen and oxygen atoms in total. The van der Waals surface area contributed by atoms with Gasteiger partial charge in [0.2, 0.25) is 0 Å². The van der Waals surface area contributed by atoms with Crippen LogP contribution in [-0.4, -0.2) is 55.3 Å². The Hall–Kier alpha value is -2.24. The van der Waals surface area contributed by atoms with Gasteiger partial charge in [-0.25, -0.2) is 24.8 Å². The maximum atomic E-state index is 12.3. The Labute approximate surface area is 173 Å². The fraction of sp³-hybridized carbons (Fsp3) is 0.667. The molecule has 0 bridgehead atoms. The molecule has 4 heterocycles. The summed E-state index contributed by atoms with van der Waals surface area (Å²) in [5, 5.41) is 4.52. The highest BCUT2D eigenvalue weighted by atomic mass is 32.1. The molecule has 0 aromatic carbocycles. The number of hydroxylamine groups is 1. The fourth-order valence-electron chi connectivity index (χ4n) is 3.56. The number of nitrogens with zero attached hydrogens (tertiary/aromatic N) is 6. The minimum Gasteiger partial charge on any atom is -0.443 e. The van der Waals surface area contributed by atoms with Crippen LogP contribution in [0.25, 0.3) is 10.8 Å². The van der Waals surface area contributed by atoms with Gasteiger partial charge >= 0.3 is 6.09 Å². The van der Waals surface area contributed by atoms with Gasteiger partial charge in [-0.3, -0.25) is 10.3 Å². The molecule has 1 amide bonds. The third-order valence-electron chi connectivity index (χ3n) is 4.76. The first kappa shape index (κ1) is 20.0. The number of aromatic nitrogens is 4. The monoisotopic (exact) mass is 421 g/mol. The Morgan fingerprint density at radius 3 is 2.69 bits per heavy atom. The highest BCUT2D eigenvalue weighted by Gasteiger charge is 2.36. The van der Waals surface area contributed by atoms with Gasteiger partial charge in [0.1, 0.15) is 11.4 Å². The molecule has 0 saturated carbocycles. The van der Waals surface area contributed by atoms with Crippen LogP contribution in [0, 0.1) is 6.92 Å². The quantitative estimate of drug-likeness (QED) is 0.808. The summed E-state index contributed by atoms with van der Waals surface area (Å²) in [6.07, 6.45) is 0.490. The Kier molecular flexibility index (Phi) is 5.21. The zero-order chi connectivity index (χ0) is 20.8. The molecule has 1 N–H and O–H groups in total. The Bertz CT molecular complexity index is 898. The number of carbonyl (C=O) groups is 1. The van der Waals surface area contributed by atoms with Crippen molar-refractivity contribution in [3.8, 4) is 10.8 Å². The van der Waals surface area contributed by atoms with E-state index in [-0.39, 0.29) is 6.04 Å². The van der Waals surface area contributed by atoms with Crippen LogP contribution in [0.2, 0.25) is 0 Å². The van der Waals surface area contributed by atoms with Gasteiger partial charge in [-0.1, -0.05) is 0 Å². The van der Waals surface area contributed by atoms with Gasteiger partial charge in [0.25, 0.3) is 0 Å². The molecule has 2 aliphatic heterocycles. The number of hydrogen-bond acceptors (Lipinski definition) is 9. The van der Waals surface area contributed by atoms with Gasteiger partial charge in [-0.15, -0.1) is 0 Å². The molecule has 158 valence electrons. The summed E-state index contributed by atoms with van der Waals surface area (Å²) in [4.78, 5) is 27.5. The van der Waals surface area contributed by atoms with Gasteiger partial charge in [-0.2, -0.15) is 4.37 Å². The fourth-order valence-corrected chi connectivity index (χ4v) is 4.23.